The normalized spacial score (nSPS) is 10.2. The molecule has 1 aromatic rings. The second kappa shape index (κ2) is 7.09. The third-order valence-electron chi connectivity index (χ3n) is 2.21. The average molecular weight is 258 g/mol. The second-order valence-electron chi connectivity index (χ2n) is 3.55. The maximum Gasteiger partial charge on any atom is 0.253 e. The molecule has 0 spiro atoms. The summed E-state index contributed by atoms with van der Waals surface area (Å²) in [6.45, 7) is 1.28. The first-order valence-electron chi connectivity index (χ1n) is 5.33. The van der Waals surface area contributed by atoms with Gasteiger partial charge >= 0.3 is 0 Å². The number of aromatic nitrogens is 1. The van der Waals surface area contributed by atoms with E-state index < -0.39 is 0 Å². The molecule has 0 radical (unpaired) electrons. The number of hydrogen-bond acceptors (Lipinski definition) is 4. The van der Waals surface area contributed by atoms with Crippen LogP contribution in [0.1, 0.15) is 23.2 Å². The Labute approximate surface area is 105 Å². The van der Waals surface area contributed by atoms with Gasteiger partial charge in [0.2, 0.25) is 0 Å². The van der Waals surface area contributed by atoms with Crippen molar-refractivity contribution in [1.29, 1.82) is 0 Å². The van der Waals surface area contributed by atoms with E-state index in [1.54, 1.807) is 7.11 Å². The number of nitrogen functional groups attached to an aromatic ring is 1. The minimum Gasteiger partial charge on any atom is -0.397 e. The number of anilines is 1. The minimum atomic E-state index is -0.232. The highest BCUT2D eigenvalue weighted by Crippen LogP contribution is 2.14. The molecule has 0 saturated heterocycles. The van der Waals surface area contributed by atoms with Crippen LogP contribution in [0.5, 0.6) is 0 Å². The number of pyridine rings is 1. The standard InChI is InChI=1S/C11H16ClN3O2/c1-17-5-3-2-4-14-11(16)8-6-10(12)15-7-9(8)13/h6-7H,2-5,13H2,1H3,(H,14,16). The molecule has 1 heterocycles. The number of nitrogens with zero attached hydrogens (tertiary/aromatic N) is 1. The number of nitrogens with two attached hydrogens (primary N) is 1. The molecule has 0 aliphatic carbocycles. The van der Waals surface area contributed by atoms with Crippen molar-refractivity contribution in [3.63, 3.8) is 0 Å². The van der Waals surface area contributed by atoms with Crippen LogP contribution in [0.3, 0.4) is 0 Å². The lowest BCUT2D eigenvalue weighted by atomic mass is 10.2. The van der Waals surface area contributed by atoms with E-state index in [0.717, 1.165) is 12.8 Å². The Kier molecular flexibility index (Phi) is 5.72. The molecule has 1 amide bonds. The van der Waals surface area contributed by atoms with Gasteiger partial charge in [-0.1, -0.05) is 11.6 Å². The highest BCUT2D eigenvalue weighted by Gasteiger charge is 2.10. The number of ether oxygens (including phenoxy) is 1. The Hall–Kier alpha value is -1.33. The Balaban J connectivity index is 2.44. The fraction of sp³-hybridized carbons (Fsp3) is 0.455. The van der Waals surface area contributed by atoms with E-state index in [1.165, 1.54) is 12.3 Å². The molecular weight excluding hydrogens is 242 g/mol. The molecule has 0 aliphatic heterocycles. The van der Waals surface area contributed by atoms with E-state index in [2.05, 4.69) is 10.3 Å². The van der Waals surface area contributed by atoms with Gasteiger partial charge in [0.25, 0.3) is 5.91 Å². The lowest BCUT2D eigenvalue weighted by Crippen LogP contribution is -2.25. The number of halogens is 1. The zero-order chi connectivity index (χ0) is 12.7. The minimum absolute atomic E-state index is 0.232. The Morgan fingerprint density at radius 1 is 1.59 bits per heavy atom. The van der Waals surface area contributed by atoms with E-state index in [9.17, 15) is 4.79 Å². The van der Waals surface area contributed by atoms with Crippen molar-refractivity contribution in [2.45, 2.75) is 12.8 Å². The van der Waals surface area contributed by atoms with Crippen LogP contribution in [0.15, 0.2) is 12.3 Å². The molecule has 5 nitrogen and oxygen atoms in total. The van der Waals surface area contributed by atoms with Crippen LogP contribution in [0.2, 0.25) is 5.15 Å². The van der Waals surface area contributed by atoms with Gasteiger partial charge in [0.15, 0.2) is 0 Å². The van der Waals surface area contributed by atoms with Crippen molar-refractivity contribution >= 4 is 23.2 Å². The third-order valence-corrected chi connectivity index (χ3v) is 2.41. The number of carbonyl (C=O) groups excluding carboxylic acids is 1. The van der Waals surface area contributed by atoms with Crippen LogP contribution in [0, 0.1) is 0 Å². The van der Waals surface area contributed by atoms with Gasteiger partial charge in [-0.05, 0) is 18.9 Å². The van der Waals surface area contributed by atoms with Crippen LogP contribution >= 0.6 is 11.6 Å². The molecule has 0 atom stereocenters. The van der Waals surface area contributed by atoms with E-state index in [-0.39, 0.29) is 11.1 Å². The fourth-order valence-electron chi connectivity index (χ4n) is 1.31. The summed E-state index contributed by atoms with van der Waals surface area (Å²) >= 11 is 5.70. The van der Waals surface area contributed by atoms with Crippen molar-refractivity contribution in [2.24, 2.45) is 0 Å². The topological polar surface area (TPSA) is 77.2 Å². The number of hydrogen-bond donors (Lipinski definition) is 2. The predicted molar refractivity (Wildman–Crippen MR) is 67.1 cm³/mol. The Morgan fingerprint density at radius 2 is 2.35 bits per heavy atom. The fourth-order valence-corrected chi connectivity index (χ4v) is 1.46. The van der Waals surface area contributed by atoms with E-state index in [0.29, 0.717) is 24.4 Å². The van der Waals surface area contributed by atoms with Gasteiger partial charge < -0.3 is 15.8 Å². The van der Waals surface area contributed by atoms with Crippen molar-refractivity contribution in [1.82, 2.24) is 10.3 Å². The first kappa shape index (κ1) is 13.7. The molecule has 0 aromatic carbocycles. The lowest BCUT2D eigenvalue weighted by Gasteiger charge is -2.07. The van der Waals surface area contributed by atoms with Crippen LogP contribution < -0.4 is 11.1 Å². The molecule has 1 aromatic heterocycles. The maximum absolute atomic E-state index is 11.7. The van der Waals surface area contributed by atoms with Crippen molar-refractivity contribution in [3.8, 4) is 0 Å². The van der Waals surface area contributed by atoms with Gasteiger partial charge in [-0.2, -0.15) is 0 Å². The summed E-state index contributed by atoms with van der Waals surface area (Å²) in [5, 5.41) is 3.02. The van der Waals surface area contributed by atoms with E-state index in [1.807, 2.05) is 0 Å². The van der Waals surface area contributed by atoms with Crippen molar-refractivity contribution < 1.29 is 9.53 Å². The molecule has 0 saturated carbocycles. The molecule has 0 aliphatic rings. The van der Waals surface area contributed by atoms with Crippen LogP contribution in [-0.4, -0.2) is 31.2 Å². The highest BCUT2D eigenvalue weighted by molar-refractivity contribution is 6.29. The molecular formula is C11H16ClN3O2. The van der Waals surface area contributed by atoms with Gasteiger partial charge in [0.1, 0.15) is 5.15 Å². The first-order valence-corrected chi connectivity index (χ1v) is 5.71. The van der Waals surface area contributed by atoms with Crippen LogP contribution in [0.4, 0.5) is 5.69 Å². The third kappa shape index (κ3) is 4.58. The first-order chi connectivity index (χ1) is 8.15. The van der Waals surface area contributed by atoms with Gasteiger partial charge in [-0.3, -0.25) is 4.79 Å². The van der Waals surface area contributed by atoms with Gasteiger partial charge in [-0.15, -0.1) is 0 Å². The van der Waals surface area contributed by atoms with Gasteiger partial charge in [0, 0.05) is 20.3 Å². The number of carbonyl (C=O) groups is 1. The Morgan fingerprint density at radius 3 is 3.06 bits per heavy atom. The van der Waals surface area contributed by atoms with Crippen molar-refractivity contribution in [2.75, 3.05) is 26.0 Å². The summed E-state index contributed by atoms with van der Waals surface area (Å²) in [4.78, 5) is 15.5. The molecule has 17 heavy (non-hydrogen) atoms. The van der Waals surface area contributed by atoms with E-state index >= 15 is 0 Å². The Bertz CT molecular complexity index is 385. The van der Waals surface area contributed by atoms with Gasteiger partial charge in [-0.25, -0.2) is 4.98 Å². The predicted octanol–water partition coefficient (Wildman–Crippen LogP) is 1.47. The number of rotatable bonds is 6. The smallest absolute Gasteiger partial charge is 0.253 e. The highest BCUT2D eigenvalue weighted by atomic mass is 35.5. The number of methoxy groups -OCH3 is 1. The zero-order valence-corrected chi connectivity index (χ0v) is 10.5. The largest absolute Gasteiger partial charge is 0.397 e. The summed E-state index contributed by atoms with van der Waals surface area (Å²) in [6.07, 6.45) is 3.14. The average Bonchev–Trinajstić information content (AvgIpc) is 2.32. The quantitative estimate of drug-likeness (QED) is 0.598. The number of amides is 1. The second-order valence-corrected chi connectivity index (χ2v) is 3.94. The summed E-state index contributed by atoms with van der Waals surface area (Å²) in [6, 6.07) is 1.46. The molecule has 0 bridgehead atoms. The van der Waals surface area contributed by atoms with Crippen molar-refractivity contribution in [3.05, 3.63) is 23.0 Å². The summed E-state index contributed by atoms with van der Waals surface area (Å²) in [5.74, 6) is -0.232. The number of unbranched alkanes of at least 4 members (excludes halogenated alkanes) is 1. The molecule has 1 rings (SSSR count). The van der Waals surface area contributed by atoms with Gasteiger partial charge in [0.05, 0.1) is 17.4 Å². The molecule has 0 unspecified atom stereocenters. The lowest BCUT2D eigenvalue weighted by molar-refractivity contribution is 0.0952. The number of nitrogens with one attached hydrogen (secondary N) is 1. The summed E-state index contributed by atoms with van der Waals surface area (Å²) < 4.78 is 4.91. The van der Waals surface area contributed by atoms with E-state index in [4.69, 9.17) is 22.1 Å². The van der Waals surface area contributed by atoms with Crippen LogP contribution in [0.25, 0.3) is 0 Å². The summed E-state index contributed by atoms with van der Waals surface area (Å²) in [7, 11) is 1.65. The van der Waals surface area contributed by atoms with Crippen LogP contribution in [-0.2, 0) is 4.74 Å². The maximum atomic E-state index is 11.7. The molecule has 94 valence electrons. The monoisotopic (exact) mass is 257 g/mol. The molecule has 0 fully saturated rings. The molecule has 3 N–H and O–H groups in total. The SMILES string of the molecule is COCCCCNC(=O)c1cc(Cl)ncc1N. The molecule has 6 heteroatoms. The zero-order valence-electron chi connectivity index (χ0n) is 9.70. The summed E-state index contributed by atoms with van der Waals surface area (Å²) in [5.41, 5.74) is 6.32.